The highest BCUT2D eigenvalue weighted by molar-refractivity contribution is 6.53. The Morgan fingerprint density at radius 3 is 2.56 bits per heavy atom. The number of amides is 1. The van der Waals surface area contributed by atoms with Crippen LogP contribution in [0.25, 0.3) is 21.5 Å². The van der Waals surface area contributed by atoms with Crippen LogP contribution in [0.1, 0.15) is 10.4 Å². The maximum absolute atomic E-state index is 12.6. The van der Waals surface area contributed by atoms with Crippen LogP contribution in [-0.2, 0) is 4.79 Å². The summed E-state index contributed by atoms with van der Waals surface area (Å²) >= 11 is 0. The van der Waals surface area contributed by atoms with Crippen LogP contribution >= 0.6 is 0 Å². The number of carbonyl (C=O) groups excluding carboxylic acids is 2. The standard InChI is InChI=1S/C20H15NO6/c1-21-12-6-10-9(4-5-13(24-2)18(10)25-3)16-15(12)11(17(22)20(21)23)7-14-19(16)27-8-26-14/h4-7H,8H2,1-3H3. The van der Waals surface area contributed by atoms with Crippen LogP contribution in [0, 0.1) is 0 Å². The van der Waals surface area contributed by atoms with Crippen LogP contribution in [0.5, 0.6) is 23.0 Å². The SMILES string of the molecule is COc1ccc2c(cc3c4c(cc5c(c42)OCO5)C(=O)C(=O)N3C)c1OC. The van der Waals surface area contributed by atoms with E-state index in [1.165, 1.54) is 4.90 Å². The Hall–Kier alpha value is -3.48. The largest absolute Gasteiger partial charge is 0.493 e. The van der Waals surface area contributed by atoms with E-state index >= 15 is 0 Å². The van der Waals surface area contributed by atoms with Gasteiger partial charge in [0.1, 0.15) is 0 Å². The molecular weight excluding hydrogens is 350 g/mol. The minimum Gasteiger partial charge on any atom is -0.493 e. The third-order valence-electron chi connectivity index (χ3n) is 5.16. The number of carbonyl (C=O) groups is 2. The zero-order chi connectivity index (χ0) is 18.9. The van der Waals surface area contributed by atoms with Gasteiger partial charge in [-0.25, -0.2) is 0 Å². The van der Waals surface area contributed by atoms with Gasteiger partial charge in [-0.2, -0.15) is 0 Å². The molecule has 0 saturated carbocycles. The van der Waals surface area contributed by atoms with E-state index in [0.717, 1.165) is 16.2 Å². The Labute approximate surface area is 154 Å². The fourth-order valence-electron chi connectivity index (χ4n) is 3.91. The number of rotatable bonds is 2. The van der Waals surface area contributed by atoms with E-state index in [9.17, 15) is 9.59 Å². The molecule has 0 N–H and O–H groups in total. The van der Waals surface area contributed by atoms with E-state index in [1.54, 1.807) is 33.4 Å². The first-order chi connectivity index (χ1) is 13.1. The molecule has 3 aromatic rings. The Balaban J connectivity index is 2.06. The zero-order valence-corrected chi connectivity index (χ0v) is 14.9. The van der Waals surface area contributed by atoms with Crippen LogP contribution in [0.4, 0.5) is 5.69 Å². The minimum atomic E-state index is -0.594. The minimum absolute atomic E-state index is 0.0604. The van der Waals surface area contributed by atoms with E-state index in [-0.39, 0.29) is 6.79 Å². The highest BCUT2D eigenvalue weighted by Gasteiger charge is 2.36. The summed E-state index contributed by atoms with van der Waals surface area (Å²) in [6.07, 6.45) is 0. The molecule has 0 fully saturated rings. The normalized spacial score (nSPS) is 15.0. The third kappa shape index (κ3) is 1.85. The second-order valence-electron chi connectivity index (χ2n) is 6.39. The number of fused-ring (bicyclic) bond motifs is 4. The summed E-state index contributed by atoms with van der Waals surface area (Å²) in [6.45, 7) is 0.0604. The summed E-state index contributed by atoms with van der Waals surface area (Å²) in [5.41, 5.74) is 0.936. The first kappa shape index (κ1) is 15.7. The van der Waals surface area contributed by atoms with Gasteiger partial charge in [-0.15, -0.1) is 0 Å². The van der Waals surface area contributed by atoms with Crippen LogP contribution in [0.3, 0.4) is 0 Å². The van der Waals surface area contributed by atoms with Gasteiger partial charge < -0.3 is 23.8 Å². The average Bonchev–Trinajstić information content (AvgIpc) is 3.17. The van der Waals surface area contributed by atoms with E-state index < -0.39 is 11.7 Å². The van der Waals surface area contributed by atoms with Gasteiger partial charge in [0.15, 0.2) is 23.0 Å². The van der Waals surface area contributed by atoms with Crippen molar-refractivity contribution in [1.82, 2.24) is 0 Å². The topological polar surface area (TPSA) is 74.3 Å². The van der Waals surface area contributed by atoms with E-state index in [1.807, 2.05) is 12.1 Å². The van der Waals surface area contributed by atoms with Crippen molar-refractivity contribution in [2.75, 3.05) is 33.0 Å². The lowest BCUT2D eigenvalue weighted by Crippen LogP contribution is -2.36. The Bertz CT molecular complexity index is 1180. The number of nitrogens with zero attached hydrogens (tertiary/aromatic N) is 1. The summed E-state index contributed by atoms with van der Waals surface area (Å²) in [5.74, 6) is 0.975. The molecule has 3 aromatic carbocycles. The molecule has 5 rings (SSSR count). The summed E-state index contributed by atoms with van der Waals surface area (Å²) in [5, 5.41) is 2.97. The molecule has 0 aromatic heterocycles. The van der Waals surface area contributed by atoms with Crippen molar-refractivity contribution in [3.05, 3.63) is 29.8 Å². The predicted molar refractivity (Wildman–Crippen MR) is 98.4 cm³/mol. The quantitative estimate of drug-likeness (QED) is 0.514. The lowest BCUT2D eigenvalue weighted by molar-refractivity contribution is -0.114. The van der Waals surface area contributed by atoms with Crippen molar-refractivity contribution in [2.24, 2.45) is 0 Å². The van der Waals surface area contributed by atoms with E-state index in [4.69, 9.17) is 18.9 Å². The molecule has 2 aliphatic heterocycles. The van der Waals surface area contributed by atoms with Crippen molar-refractivity contribution < 1.29 is 28.5 Å². The molecule has 0 spiro atoms. The van der Waals surface area contributed by atoms with Crippen molar-refractivity contribution >= 4 is 38.9 Å². The van der Waals surface area contributed by atoms with E-state index in [2.05, 4.69) is 0 Å². The van der Waals surface area contributed by atoms with Gasteiger partial charge in [0.2, 0.25) is 6.79 Å². The van der Waals surface area contributed by atoms with Crippen molar-refractivity contribution in [3.63, 3.8) is 0 Å². The van der Waals surface area contributed by atoms with Crippen LogP contribution in [-0.4, -0.2) is 39.8 Å². The molecule has 2 aliphatic rings. The van der Waals surface area contributed by atoms with E-state index in [0.29, 0.717) is 39.6 Å². The number of Topliss-reactive ketones (excluding diaryl/α,β-unsaturated/α-hetero) is 1. The van der Waals surface area contributed by atoms with Gasteiger partial charge in [-0.1, -0.05) is 0 Å². The number of methoxy groups -OCH3 is 2. The maximum Gasteiger partial charge on any atom is 0.299 e. The molecule has 0 aliphatic carbocycles. The molecule has 0 saturated heterocycles. The molecule has 136 valence electrons. The van der Waals surface area contributed by atoms with Gasteiger partial charge in [0, 0.05) is 28.8 Å². The highest BCUT2D eigenvalue weighted by Crippen LogP contribution is 2.51. The van der Waals surface area contributed by atoms with Crippen LogP contribution < -0.4 is 23.8 Å². The van der Waals surface area contributed by atoms with Gasteiger partial charge in [-0.05, 0) is 29.7 Å². The third-order valence-corrected chi connectivity index (χ3v) is 5.16. The van der Waals surface area contributed by atoms with Gasteiger partial charge in [0.05, 0.1) is 19.9 Å². The molecule has 1 amide bonds. The summed E-state index contributed by atoms with van der Waals surface area (Å²) in [6, 6.07) is 7.13. The molecule has 0 atom stereocenters. The van der Waals surface area contributed by atoms with Crippen molar-refractivity contribution in [2.45, 2.75) is 0 Å². The Morgan fingerprint density at radius 1 is 1.00 bits per heavy atom. The van der Waals surface area contributed by atoms with Gasteiger partial charge in [0.25, 0.3) is 11.7 Å². The fourth-order valence-corrected chi connectivity index (χ4v) is 3.91. The molecule has 27 heavy (non-hydrogen) atoms. The van der Waals surface area contributed by atoms with Gasteiger partial charge >= 0.3 is 0 Å². The number of ketones is 1. The zero-order valence-electron chi connectivity index (χ0n) is 14.9. The number of likely N-dealkylation sites (N-methyl/N-ethyl adjacent to an activating group) is 1. The smallest absolute Gasteiger partial charge is 0.299 e. The molecule has 7 nitrogen and oxygen atoms in total. The van der Waals surface area contributed by atoms with Crippen molar-refractivity contribution in [1.29, 1.82) is 0 Å². The molecule has 7 heteroatoms. The highest BCUT2D eigenvalue weighted by atomic mass is 16.7. The molecular formula is C20H15NO6. The van der Waals surface area contributed by atoms with Crippen LogP contribution in [0.2, 0.25) is 0 Å². The lowest BCUT2D eigenvalue weighted by atomic mass is 9.90. The predicted octanol–water partition coefficient (Wildman–Crippen LogP) is 2.90. The first-order valence-electron chi connectivity index (χ1n) is 8.33. The van der Waals surface area contributed by atoms with Crippen molar-refractivity contribution in [3.8, 4) is 23.0 Å². The Kier molecular flexibility index (Phi) is 3.07. The number of hydrogen-bond acceptors (Lipinski definition) is 6. The van der Waals surface area contributed by atoms with Gasteiger partial charge in [-0.3, -0.25) is 9.59 Å². The number of anilines is 1. The molecule has 0 bridgehead atoms. The summed E-state index contributed by atoms with van der Waals surface area (Å²) < 4.78 is 22.2. The second-order valence-corrected chi connectivity index (χ2v) is 6.39. The number of ether oxygens (including phenoxy) is 4. The second kappa shape index (κ2) is 5.26. The maximum atomic E-state index is 12.6. The molecule has 0 unspecified atom stereocenters. The lowest BCUT2D eigenvalue weighted by Gasteiger charge is -2.27. The average molecular weight is 365 g/mol. The Morgan fingerprint density at radius 2 is 1.81 bits per heavy atom. The monoisotopic (exact) mass is 365 g/mol. The number of hydrogen-bond donors (Lipinski definition) is 0. The first-order valence-corrected chi connectivity index (χ1v) is 8.33. The molecule has 2 heterocycles. The molecule has 0 radical (unpaired) electrons. The number of benzene rings is 3. The summed E-state index contributed by atoms with van der Waals surface area (Å²) in [7, 11) is 4.71. The van der Waals surface area contributed by atoms with Crippen LogP contribution in [0.15, 0.2) is 24.3 Å². The summed E-state index contributed by atoms with van der Waals surface area (Å²) in [4.78, 5) is 26.5. The fraction of sp³-hybridized carbons (Fsp3) is 0.200.